The van der Waals surface area contributed by atoms with Crippen molar-refractivity contribution < 1.29 is 9.18 Å². The van der Waals surface area contributed by atoms with Gasteiger partial charge < -0.3 is 10.3 Å². The summed E-state index contributed by atoms with van der Waals surface area (Å²) in [6.07, 6.45) is 2.76. The molecule has 0 unspecified atom stereocenters. The number of carbonyl (C=O) groups is 1. The van der Waals surface area contributed by atoms with Crippen molar-refractivity contribution in [1.29, 1.82) is 0 Å². The quantitative estimate of drug-likeness (QED) is 0.524. The number of hydrogen-bond acceptors (Lipinski definition) is 4. The van der Waals surface area contributed by atoms with E-state index in [1.807, 2.05) is 0 Å². The highest BCUT2D eigenvalue weighted by molar-refractivity contribution is 9.10. The molecule has 2 heterocycles. The Bertz CT molecular complexity index is 1220. The minimum Gasteiger partial charge on any atom is -0.322 e. The molecule has 0 atom stereocenters. The van der Waals surface area contributed by atoms with Gasteiger partial charge in [-0.15, -0.1) is 0 Å². The summed E-state index contributed by atoms with van der Waals surface area (Å²) < 4.78 is 15.4. The molecule has 2 aromatic heterocycles. The molecule has 2 N–H and O–H groups in total. The number of benzene rings is 2. The van der Waals surface area contributed by atoms with Crippen molar-refractivity contribution >= 4 is 38.6 Å². The van der Waals surface area contributed by atoms with E-state index < -0.39 is 11.7 Å². The lowest BCUT2D eigenvalue weighted by Gasteiger charge is -2.08. The van der Waals surface area contributed by atoms with Gasteiger partial charge in [-0.3, -0.25) is 9.59 Å². The molecule has 4 rings (SSSR count). The van der Waals surface area contributed by atoms with Crippen LogP contribution in [-0.4, -0.2) is 25.7 Å². The normalized spacial score (nSPS) is 10.9. The molecule has 9 heteroatoms. The van der Waals surface area contributed by atoms with Crippen molar-refractivity contribution in [3.05, 3.63) is 81.2 Å². The Morgan fingerprint density at radius 1 is 1.19 bits per heavy atom. The SMILES string of the molecule is O=C(Nc1ccc(-n2ncc3c(=O)[nH]cnc32)cc1)c1cc(F)ccc1Br. The lowest BCUT2D eigenvalue weighted by Crippen LogP contribution is -2.13. The molecule has 1 amide bonds. The summed E-state index contributed by atoms with van der Waals surface area (Å²) in [7, 11) is 0. The van der Waals surface area contributed by atoms with Crippen LogP contribution in [0.5, 0.6) is 0 Å². The van der Waals surface area contributed by atoms with Crippen LogP contribution in [0.4, 0.5) is 10.1 Å². The van der Waals surface area contributed by atoms with E-state index in [1.165, 1.54) is 29.3 Å². The first kappa shape index (κ1) is 17.1. The molecule has 0 aliphatic carbocycles. The zero-order valence-corrected chi connectivity index (χ0v) is 15.2. The number of carbonyl (C=O) groups excluding carboxylic acids is 1. The van der Waals surface area contributed by atoms with Gasteiger partial charge in [0.2, 0.25) is 0 Å². The highest BCUT2D eigenvalue weighted by Gasteiger charge is 2.12. The van der Waals surface area contributed by atoms with Gasteiger partial charge in [0.05, 0.1) is 23.8 Å². The highest BCUT2D eigenvalue weighted by atomic mass is 79.9. The molecule has 2 aromatic carbocycles. The topological polar surface area (TPSA) is 92.7 Å². The van der Waals surface area contributed by atoms with Crippen molar-refractivity contribution in [2.45, 2.75) is 0 Å². The molecule has 27 heavy (non-hydrogen) atoms. The Balaban J connectivity index is 1.60. The molecule has 0 bridgehead atoms. The van der Waals surface area contributed by atoms with Crippen LogP contribution < -0.4 is 10.9 Å². The number of hydrogen-bond donors (Lipinski definition) is 2. The maximum Gasteiger partial charge on any atom is 0.261 e. The summed E-state index contributed by atoms with van der Waals surface area (Å²) in [5, 5.41) is 7.27. The number of nitrogens with one attached hydrogen (secondary N) is 2. The predicted octanol–water partition coefficient (Wildman–Crippen LogP) is 3.26. The zero-order valence-electron chi connectivity index (χ0n) is 13.6. The molecular weight excluding hydrogens is 417 g/mol. The third kappa shape index (κ3) is 3.24. The first-order valence-electron chi connectivity index (χ1n) is 7.81. The van der Waals surface area contributed by atoms with Crippen LogP contribution in [0, 0.1) is 5.82 Å². The Morgan fingerprint density at radius 2 is 1.96 bits per heavy atom. The minimum absolute atomic E-state index is 0.195. The summed E-state index contributed by atoms with van der Waals surface area (Å²) in [6.45, 7) is 0. The number of halogens is 2. The molecule has 0 saturated carbocycles. The van der Waals surface area contributed by atoms with Crippen LogP contribution in [0.2, 0.25) is 0 Å². The first-order chi connectivity index (χ1) is 13.0. The van der Waals surface area contributed by atoms with E-state index in [4.69, 9.17) is 0 Å². The molecule has 0 radical (unpaired) electrons. The van der Waals surface area contributed by atoms with E-state index in [2.05, 4.69) is 36.3 Å². The van der Waals surface area contributed by atoms with E-state index in [0.29, 0.717) is 26.9 Å². The van der Waals surface area contributed by atoms with Gasteiger partial charge in [-0.05, 0) is 58.4 Å². The minimum atomic E-state index is -0.494. The smallest absolute Gasteiger partial charge is 0.261 e. The number of amides is 1. The number of fused-ring (bicyclic) bond motifs is 1. The number of rotatable bonds is 3. The molecule has 0 fully saturated rings. The fraction of sp³-hybridized carbons (Fsp3) is 0. The molecule has 7 nitrogen and oxygen atoms in total. The van der Waals surface area contributed by atoms with Gasteiger partial charge in [0.25, 0.3) is 11.5 Å². The van der Waals surface area contributed by atoms with Gasteiger partial charge in [0.15, 0.2) is 5.65 Å². The molecule has 134 valence electrons. The Kier molecular flexibility index (Phi) is 4.28. The van der Waals surface area contributed by atoms with Crippen molar-refractivity contribution in [2.75, 3.05) is 5.32 Å². The highest BCUT2D eigenvalue weighted by Crippen LogP contribution is 2.21. The second-order valence-electron chi connectivity index (χ2n) is 5.65. The van der Waals surface area contributed by atoms with E-state index >= 15 is 0 Å². The van der Waals surface area contributed by atoms with Gasteiger partial charge in [0, 0.05) is 10.2 Å². The number of aromatic amines is 1. The molecule has 0 spiro atoms. The third-order valence-electron chi connectivity index (χ3n) is 3.91. The van der Waals surface area contributed by atoms with Gasteiger partial charge in [-0.25, -0.2) is 14.1 Å². The van der Waals surface area contributed by atoms with Gasteiger partial charge in [-0.2, -0.15) is 5.10 Å². The average molecular weight is 428 g/mol. The molecule has 0 aliphatic rings. The van der Waals surface area contributed by atoms with Crippen molar-refractivity contribution in [3.8, 4) is 5.69 Å². The van der Waals surface area contributed by atoms with Gasteiger partial charge in [-0.1, -0.05) is 0 Å². The Labute approximate surface area is 160 Å². The van der Waals surface area contributed by atoms with Crippen molar-refractivity contribution in [1.82, 2.24) is 19.7 Å². The summed E-state index contributed by atoms with van der Waals surface area (Å²) in [6, 6.07) is 10.7. The van der Waals surface area contributed by atoms with Crippen LogP contribution in [0.25, 0.3) is 16.7 Å². The van der Waals surface area contributed by atoms with Gasteiger partial charge >= 0.3 is 0 Å². The monoisotopic (exact) mass is 427 g/mol. The van der Waals surface area contributed by atoms with E-state index in [0.717, 1.165) is 6.07 Å². The number of anilines is 1. The average Bonchev–Trinajstić information content (AvgIpc) is 3.10. The van der Waals surface area contributed by atoms with Crippen LogP contribution >= 0.6 is 15.9 Å². The summed E-state index contributed by atoms with van der Waals surface area (Å²) in [5.41, 5.74) is 1.56. The molecular formula is C18H11BrFN5O2. The molecule has 0 aliphatic heterocycles. The lowest BCUT2D eigenvalue weighted by atomic mass is 10.2. The largest absolute Gasteiger partial charge is 0.322 e. The van der Waals surface area contributed by atoms with Gasteiger partial charge in [0.1, 0.15) is 11.2 Å². The Morgan fingerprint density at radius 3 is 2.74 bits per heavy atom. The van der Waals surface area contributed by atoms with Crippen molar-refractivity contribution in [3.63, 3.8) is 0 Å². The van der Waals surface area contributed by atoms with Crippen molar-refractivity contribution in [2.24, 2.45) is 0 Å². The maximum absolute atomic E-state index is 13.4. The van der Waals surface area contributed by atoms with E-state index in [1.54, 1.807) is 24.3 Å². The van der Waals surface area contributed by atoms with E-state index in [9.17, 15) is 14.0 Å². The lowest BCUT2D eigenvalue weighted by molar-refractivity contribution is 0.102. The summed E-state index contributed by atoms with van der Waals surface area (Å²) in [4.78, 5) is 30.7. The molecule has 0 saturated heterocycles. The summed E-state index contributed by atoms with van der Waals surface area (Å²) in [5.74, 6) is -0.932. The standard InChI is InChI=1S/C18H11BrFN5O2/c19-15-6-1-10(20)7-13(15)18(27)24-11-2-4-12(5-3-11)25-16-14(8-23-25)17(26)22-9-21-16/h1-9H,(H,24,27)(H,21,22,26). The number of H-pyrrole nitrogens is 1. The fourth-order valence-electron chi connectivity index (χ4n) is 2.60. The second kappa shape index (κ2) is 6.76. The molecule has 4 aromatic rings. The van der Waals surface area contributed by atoms with Crippen LogP contribution in [0.15, 0.2) is 64.3 Å². The first-order valence-corrected chi connectivity index (χ1v) is 8.60. The van der Waals surface area contributed by atoms with Crippen LogP contribution in [-0.2, 0) is 0 Å². The predicted molar refractivity (Wildman–Crippen MR) is 102 cm³/mol. The number of aromatic nitrogens is 4. The Hall–Kier alpha value is -3.33. The number of nitrogens with zero attached hydrogens (tertiary/aromatic N) is 3. The summed E-state index contributed by atoms with van der Waals surface area (Å²) >= 11 is 3.24. The third-order valence-corrected chi connectivity index (χ3v) is 4.61. The second-order valence-corrected chi connectivity index (χ2v) is 6.50. The fourth-order valence-corrected chi connectivity index (χ4v) is 3.03. The van der Waals surface area contributed by atoms with Crippen LogP contribution in [0.3, 0.4) is 0 Å². The zero-order chi connectivity index (χ0) is 19.0. The maximum atomic E-state index is 13.4. The van der Waals surface area contributed by atoms with Crippen LogP contribution in [0.1, 0.15) is 10.4 Å². The van der Waals surface area contributed by atoms with E-state index in [-0.39, 0.29) is 11.1 Å².